The Balaban J connectivity index is 1.88. The van der Waals surface area contributed by atoms with Crippen molar-refractivity contribution in [3.63, 3.8) is 0 Å². The van der Waals surface area contributed by atoms with Crippen LogP contribution in [0.4, 0.5) is 5.82 Å². The number of aromatic nitrogens is 2. The zero-order chi connectivity index (χ0) is 20.8. The third-order valence-electron chi connectivity index (χ3n) is 5.18. The number of nitrogens with one attached hydrogen (secondary N) is 1. The molecule has 1 aliphatic rings. The molecular formula is C22H30Cl2N4O. The van der Waals surface area contributed by atoms with Crippen LogP contribution in [-0.4, -0.2) is 40.8 Å². The molecule has 7 heteroatoms. The van der Waals surface area contributed by atoms with Gasteiger partial charge in [-0.1, -0.05) is 44.0 Å². The summed E-state index contributed by atoms with van der Waals surface area (Å²) in [4.78, 5) is 9.90. The maximum absolute atomic E-state index is 6.46. The predicted molar refractivity (Wildman–Crippen MR) is 121 cm³/mol. The van der Waals surface area contributed by atoms with Crippen LogP contribution in [0, 0.1) is 0 Å². The van der Waals surface area contributed by atoms with E-state index in [2.05, 4.69) is 31.2 Å². The van der Waals surface area contributed by atoms with E-state index in [1.807, 2.05) is 12.1 Å². The average Bonchev–Trinajstić information content (AvgIpc) is 3.15. The Morgan fingerprint density at radius 2 is 1.93 bits per heavy atom. The minimum Gasteiger partial charge on any atom is -0.380 e. The zero-order valence-electron chi connectivity index (χ0n) is 17.5. The van der Waals surface area contributed by atoms with E-state index in [1.54, 1.807) is 6.07 Å². The van der Waals surface area contributed by atoms with Crippen molar-refractivity contribution in [3.8, 4) is 11.3 Å². The van der Waals surface area contributed by atoms with Gasteiger partial charge in [0.1, 0.15) is 0 Å². The lowest BCUT2D eigenvalue weighted by Crippen LogP contribution is -2.38. The lowest BCUT2D eigenvalue weighted by atomic mass is 10.1. The molecule has 0 bridgehead atoms. The van der Waals surface area contributed by atoms with E-state index >= 15 is 0 Å². The van der Waals surface area contributed by atoms with Crippen molar-refractivity contribution in [2.24, 2.45) is 0 Å². The molecular weight excluding hydrogens is 407 g/mol. The van der Waals surface area contributed by atoms with Gasteiger partial charge in [-0.25, -0.2) is 15.0 Å². The summed E-state index contributed by atoms with van der Waals surface area (Å²) in [6.45, 7) is 8.85. The molecule has 0 aliphatic carbocycles. The van der Waals surface area contributed by atoms with Gasteiger partial charge in [-0.3, -0.25) is 0 Å². The van der Waals surface area contributed by atoms with Crippen molar-refractivity contribution >= 4 is 29.0 Å². The predicted octanol–water partition coefficient (Wildman–Crippen LogP) is 5.79. The number of rotatable bonds is 9. The maximum atomic E-state index is 6.46. The van der Waals surface area contributed by atoms with Gasteiger partial charge in [0, 0.05) is 23.7 Å². The smallest absolute Gasteiger partial charge is 0.162 e. The Morgan fingerprint density at radius 1 is 1.14 bits per heavy atom. The molecule has 158 valence electrons. The number of hydrogen-bond acceptors (Lipinski definition) is 5. The number of aryl methyl sites for hydroxylation is 2. The summed E-state index contributed by atoms with van der Waals surface area (Å²) in [5, 5.41) is 3.47. The number of nitrogens with zero attached hydrogens (tertiary/aromatic N) is 3. The van der Waals surface area contributed by atoms with Crippen molar-refractivity contribution in [3.05, 3.63) is 39.6 Å². The third kappa shape index (κ3) is 5.40. The normalized spacial score (nSPS) is 17.1. The second-order valence-corrected chi connectivity index (χ2v) is 8.17. The van der Waals surface area contributed by atoms with E-state index in [0.717, 1.165) is 80.3 Å². The lowest BCUT2D eigenvalue weighted by molar-refractivity contribution is 0.0856. The lowest BCUT2D eigenvalue weighted by Gasteiger charge is -2.27. The Bertz CT molecular complexity index is 831. The van der Waals surface area contributed by atoms with E-state index in [9.17, 15) is 0 Å². The van der Waals surface area contributed by atoms with Crippen molar-refractivity contribution in [1.82, 2.24) is 15.0 Å². The van der Waals surface area contributed by atoms with Crippen LogP contribution < -0.4 is 5.43 Å². The fourth-order valence-electron chi connectivity index (χ4n) is 3.64. The fourth-order valence-corrected chi connectivity index (χ4v) is 4.14. The summed E-state index contributed by atoms with van der Waals surface area (Å²) in [5.41, 5.74) is 7.10. The molecule has 2 aromatic rings. The highest BCUT2D eigenvalue weighted by Gasteiger charge is 2.26. The van der Waals surface area contributed by atoms with Gasteiger partial charge in [0.05, 0.1) is 34.8 Å². The number of ether oxygens (including phenoxy) is 1. The highest BCUT2D eigenvalue weighted by atomic mass is 35.5. The molecule has 5 nitrogen and oxygen atoms in total. The quantitative estimate of drug-likeness (QED) is 0.503. The van der Waals surface area contributed by atoms with Gasteiger partial charge in [0.15, 0.2) is 5.82 Å². The molecule has 1 aliphatic heterocycles. The largest absolute Gasteiger partial charge is 0.380 e. The van der Waals surface area contributed by atoms with E-state index < -0.39 is 0 Å². The van der Waals surface area contributed by atoms with E-state index in [1.165, 1.54) is 0 Å². The SMILES string of the molecule is CCCOC[C@H]1CCCN1Nc1nc(CC)c(-c2ccc(Cl)cc2Cl)nc1CC. The molecule has 0 unspecified atom stereocenters. The Morgan fingerprint density at radius 3 is 2.62 bits per heavy atom. The Hall–Kier alpha value is -1.40. The minimum absolute atomic E-state index is 0.364. The number of benzene rings is 1. The van der Waals surface area contributed by atoms with Crippen LogP contribution in [0.15, 0.2) is 18.2 Å². The van der Waals surface area contributed by atoms with Crippen molar-refractivity contribution in [1.29, 1.82) is 0 Å². The van der Waals surface area contributed by atoms with Crippen LogP contribution in [-0.2, 0) is 17.6 Å². The summed E-state index contributed by atoms with van der Waals surface area (Å²) in [6, 6.07) is 5.88. The van der Waals surface area contributed by atoms with Gasteiger partial charge in [-0.2, -0.15) is 0 Å². The highest BCUT2D eigenvalue weighted by Crippen LogP contribution is 2.33. The van der Waals surface area contributed by atoms with Crippen molar-refractivity contribution in [2.75, 3.05) is 25.2 Å². The standard InChI is InChI=1S/C22H30Cl2N4O/c1-4-12-29-14-16-8-7-11-28(16)27-22-20(6-3)25-21(19(5-2)26-22)17-10-9-15(23)13-18(17)24/h9-10,13,16H,4-8,11-12,14H2,1-3H3,(H,26,27)/t16-/m1/s1. The monoisotopic (exact) mass is 436 g/mol. The number of anilines is 1. The van der Waals surface area contributed by atoms with Gasteiger partial charge >= 0.3 is 0 Å². The molecule has 1 N–H and O–H groups in total. The van der Waals surface area contributed by atoms with Crippen LogP contribution >= 0.6 is 23.2 Å². The summed E-state index contributed by atoms with van der Waals surface area (Å²) in [6.07, 6.45) is 4.87. The van der Waals surface area contributed by atoms with E-state index in [4.69, 9.17) is 37.9 Å². The van der Waals surface area contributed by atoms with Gasteiger partial charge in [0.2, 0.25) is 0 Å². The molecule has 0 saturated carbocycles. The molecule has 1 aromatic carbocycles. The molecule has 1 atom stereocenters. The van der Waals surface area contributed by atoms with Crippen LogP contribution in [0.1, 0.15) is 51.4 Å². The van der Waals surface area contributed by atoms with Gasteiger partial charge in [0.25, 0.3) is 0 Å². The average molecular weight is 437 g/mol. The third-order valence-corrected chi connectivity index (χ3v) is 5.73. The Kier molecular flexibility index (Phi) is 8.13. The number of hydrazine groups is 1. The van der Waals surface area contributed by atoms with Crippen LogP contribution in [0.25, 0.3) is 11.3 Å². The van der Waals surface area contributed by atoms with Gasteiger partial charge in [-0.05, 0) is 50.3 Å². The summed E-state index contributed by atoms with van der Waals surface area (Å²) in [5.74, 6) is 0.834. The van der Waals surface area contributed by atoms with Gasteiger partial charge in [-0.15, -0.1) is 0 Å². The summed E-state index contributed by atoms with van der Waals surface area (Å²) >= 11 is 12.5. The van der Waals surface area contributed by atoms with E-state index in [-0.39, 0.29) is 0 Å². The van der Waals surface area contributed by atoms with Crippen molar-refractivity contribution in [2.45, 2.75) is 58.9 Å². The summed E-state index contributed by atoms with van der Waals surface area (Å²) in [7, 11) is 0. The molecule has 1 aromatic heterocycles. The molecule has 1 fully saturated rings. The van der Waals surface area contributed by atoms with Crippen molar-refractivity contribution < 1.29 is 4.74 Å². The second kappa shape index (κ2) is 10.6. The maximum Gasteiger partial charge on any atom is 0.162 e. The molecule has 2 heterocycles. The van der Waals surface area contributed by atoms with Gasteiger partial charge < -0.3 is 10.2 Å². The molecule has 0 amide bonds. The molecule has 29 heavy (non-hydrogen) atoms. The topological polar surface area (TPSA) is 50.3 Å². The molecule has 0 spiro atoms. The molecule has 1 saturated heterocycles. The van der Waals surface area contributed by atoms with Crippen LogP contribution in [0.3, 0.4) is 0 Å². The number of hydrogen-bond donors (Lipinski definition) is 1. The van der Waals surface area contributed by atoms with E-state index in [0.29, 0.717) is 16.1 Å². The molecule has 3 rings (SSSR count). The fraction of sp³-hybridized carbons (Fsp3) is 0.545. The van der Waals surface area contributed by atoms with Crippen LogP contribution in [0.2, 0.25) is 10.0 Å². The second-order valence-electron chi connectivity index (χ2n) is 7.32. The molecule has 0 radical (unpaired) electrons. The highest BCUT2D eigenvalue weighted by molar-refractivity contribution is 6.36. The first-order chi connectivity index (χ1) is 14.1. The first-order valence-corrected chi connectivity index (χ1v) is 11.3. The minimum atomic E-state index is 0.364. The first-order valence-electron chi connectivity index (χ1n) is 10.5. The first kappa shape index (κ1) is 22.3. The number of halogens is 2. The Labute approximate surface area is 183 Å². The summed E-state index contributed by atoms with van der Waals surface area (Å²) < 4.78 is 5.79. The zero-order valence-corrected chi connectivity index (χ0v) is 19.0. The van der Waals surface area contributed by atoms with Crippen LogP contribution in [0.5, 0.6) is 0 Å².